The minimum Gasteiger partial charge on any atom is -0.378 e. The summed E-state index contributed by atoms with van der Waals surface area (Å²) in [6.45, 7) is 4.53. The minimum absolute atomic E-state index is 0.126. The molecule has 2 aliphatic rings. The minimum atomic E-state index is -4.31. The molecule has 2 fully saturated rings. The first-order valence-corrected chi connectivity index (χ1v) is 9.66. The summed E-state index contributed by atoms with van der Waals surface area (Å²) in [5.74, 6) is 0.457. The molecule has 1 amide bonds. The van der Waals surface area contributed by atoms with E-state index in [1.54, 1.807) is 12.1 Å². The summed E-state index contributed by atoms with van der Waals surface area (Å²) in [4.78, 5) is 16.4. The van der Waals surface area contributed by atoms with E-state index in [1.807, 2.05) is 4.90 Å². The Kier molecular flexibility index (Phi) is 6.76. The van der Waals surface area contributed by atoms with E-state index in [-0.39, 0.29) is 5.91 Å². The van der Waals surface area contributed by atoms with E-state index in [1.165, 1.54) is 6.07 Å². The fraction of sp³-hybridized carbons (Fsp3) is 0.650. The maximum Gasteiger partial charge on any atom is 0.416 e. The number of benzene rings is 1. The zero-order valence-corrected chi connectivity index (χ0v) is 15.5. The van der Waals surface area contributed by atoms with Crippen molar-refractivity contribution >= 4 is 5.91 Å². The van der Waals surface area contributed by atoms with Crippen molar-refractivity contribution < 1.29 is 22.7 Å². The van der Waals surface area contributed by atoms with Gasteiger partial charge in [-0.2, -0.15) is 13.2 Å². The standard InChI is InChI=1S/C20H27F3N2O2/c21-20(22,23)18-6-2-1-5-17(18)8-7-16-4-3-9-24(14-16)15-19(26)25-10-12-27-13-11-25/h1-2,5-6,16H,3-4,7-15H2. The van der Waals surface area contributed by atoms with Gasteiger partial charge in [-0.05, 0) is 49.8 Å². The second-order valence-electron chi connectivity index (χ2n) is 7.43. The van der Waals surface area contributed by atoms with E-state index in [0.717, 1.165) is 38.4 Å². The predicted octanol–water partition coefficient (Wildman–Crippen LogP) is 3.21. The zero-order chi connectivity index (χ0) is 19.3. The van der Waals surface area contributed by atoms with Crippen LogP contribution in [-0.4, -0.2) is 61.6 Å². The van der Waals surface area contributed by atoms with Crippen molar-refractivity contribution in [3.63, 3.8) is 0 Å². The summed E-state index contributed by atoms with van der Waals surface area (Å²) in [5, 5.41) is 0. The van der Waals surface area contributed by atoms with E-state index >= 15 is 0 Å². The molecular formula is C20H27F3N2O2. The Morgan fingerprint density at radius 1 is 1.15 bits per heavy atom. The number of morpholine rings is 1. The number of piperidine rings is 1. The quantitative estimate of drug-likeness (QED) is 0.782. The van der Waals surface area contributed by atoms with E-state index < -0.39 is 11.7 Å². The van der Waals surface area contributed by atoms with Crippen molar-refractivity contribution in [1.29, 1.82) is 0 Å². The summed E-state index contributed by atoms with van der Waals surface area (Å²) >= 11 is 0. The lowest BCUT2D eigenvalue weighted by atomic mass is 9.90. The number of ether oxygens (including phenoxy) is 1. The first kappa shape index (κ1) is 20.1. The number of carbonyl (C=O) groups excluding carboxylic acids is 1. The average Bonchev–Trinajstić information content (AvgIpc) is 2.67. The lowest BCUT2D eigenvalue weighted by Crippen LogP contribution is -2.47. The highest BCUT2D eigenvalue weighted by Gasteiger charge is 2.33. The van der Waals surface area contributed by atoms with Gasteiger partial charge in [0.1, 0.15) is 0 Å². The summed E-state index contributed by atoms with van der Waals surface area (Å²) in [6.07, 6.45) is -1.17. The van der Waals surface area contributed by atoms with Gasteiger partial charge in [0, 0.05) is 19.6 Å². The van der Waals surface area contributed by atoms with Crippen LogP contribution < -0.4 is 0 Å². The number of amides is 1. The van der Waals surface area contributed by atoms with Crippen molar-refractivity contribution in [2.75, 3.05) is 45.9 Å². The molecule has 4 nitrogen and oxygen atoms in total. The first-order valence-electron chi connectivity index (χ1n) is 9.66. The fourth-order valence-corrected chi connectivity index (χ4v) is 4.01. The third-order valence-corrected chi connectivity index (χ3v) is 5.47. The highest BCUT2D eigenvalue weighted by Crippen LogP contribution is 2.33. The van der Waals surface area contributed by atoms with Gasteiger partial charge in [0.25, 0.3) is 0 Å². The van der Waals surface area contributed by atoms with Crippen LogP contribution >= 0.6 is 0 Å². The Morgan fingerprint density at radius 3 is 2.63 bits per heavy atom. The molecule has 7 heteroatoms. The number of nitrogens with zero attached hydrogens (tertiary/aromatic N) is 2. The van der Waals surface area contributed by atoms with Crippen LogP contribution in [-0.2, 0) is 22.1 Å². The van der Waals surface area contributed by atoms with E-state index in [4.69, 9.17) is 4.74 Å². The molecule has 0 aliphatic carbocycles. The van der Waals surface area contributed by atoms with Gasteiger partial charge in [-0.25, -0.2) is 0 Å². The molecule has 2 saturated heterocycles. The lowest BCUT2D eigenvalue weighted by molar-refractivity contribution is -0.138. The number of halogens is 3. The van der Waals surface area contributed by atoms with Gasteiger partial charge in [0.2, 0.25) is 5.91 Å². The van der Waals surface area contributed by atoms with E-state index in [2.05, 4.69) is 4.90 Å². The monoisotopic (exact) mass is 384 g/mol. The van der Waals surface area contributed by atoms with Gasteiger partial charge in [-0.3, -0.25) is 9.69 Å². The summed E-state index contributed by atoms with van der Waals surface area (Å²) in [5.41, 5.74) is -0.160. The lowest BCUT2D eigenvalue weighted by Gasteiger charge is -2.35. The van der Waals surface area contributed by atoms with Crippen molar-refractivity contribution in [1.82, 2.24) is 9.80 Å². The summed E-state index contributed by atoms with van der Waals surface area (Å²) in [7, 11) is 0. The third-order valence-electron chi connectivity index (χ3n) is 5.47. The van der Waals surface area contributed by atoms with Crippen molar-refractivity contribution in [2.45, 2.75) is 31.9 Å². The molecule has 0 saturated carbocycles. The molecule has 1 atom stereocenters. The van der Waals surface area contributed by atoms with Gasteiger partial charge < -0.3 is 9.64 Å². The molecule has 1 aromatic rings. The van der Waals surface area contributed by atoms with Crippen LogP contribution in [0.5, 0.6) is 0 Å². The van der Waals surface area contributed by atoms with Crippen LogP contribution in [0.2, 0.25) is 0 Å². The molecule has 2 heterocycles. The number of aryl methyl sites for hydroxylation is 1. The molecule has 150 valence electrons. The maximum absolute atomic E-state index is 13.1. The highest BCUT2D eigenvalue weighted by atomic mass is 19.4. The second kappa shape index (κ2) is 9.06. The average molecular weight is 384 g/mol. The van der Waals surface area contributed by atoms with Crippen molar-refractivity contribution in [3.05, 3.63) is 35.4 Å². The third kappa shape index (κ3) is 5.69. The smallest absolute Gasteiger partial charge is 0.378 e. The van der Waals surface area contributed by atoms with E-state index in [0.29, 0.717) is 50.8 Å². The van der Waals surface area contributed by atoms with Crippen molar-refractivity contribution in [3.8, 4) is 0 Å². The molecule has 1 aromatic carbocycles. The topological polar surface area (TPSA) is 32.8 Å². The number of hydrogen-bond acceptors (Lipinski definition) is 3. The van der Waals surface area contributed by atoms with Gasteiger partial charge in [0.05, 0.1) is 25.3 Å². The largest absolute Gasteiger partial charge is 0.416 e. The number of hydrogen-bond donors (Lipinski definition) is 0. The molecule has 27 heavy (non-hydrogen) atoms. The Balaban J connectivity index is 1.51. The molecule has 0 bridgehead atoms. The first-order chi connectivity index (χ1) is 12.9. The molecule has 0 N–H and O–H groups in total. The maximum atomic E-state index is 13.1. The molecule has 1 unspecified atom stereocenters. The van der Waals surface area contributed by atoms with Crippen LogP contribution in [0.4, 0.5) is 13.2 Å². The van der Waals surface area contributed by atoms with Crippen molar-refractivity contribution in [2.24, 2.45) is 5.92 Å². The summed E-state index contributed by atoms with van der Waals surface area (Å²) in [6, 6.07) is 5.83. The zero-order valence-electron chi connectivity index (χ0n) is 15.5. The van der Waals surface area contributed by atoms with Gasteiger partial charge in [-0.15, -0.1) is 0 Å². The van der Waals surface area contributed by atoms with Crippen LogP contribution in [0.3, 0.4) is 0 Å². The SMILES string of the molecule is O=C(CN1CCCC(CCc2ccccc2C(F)(F)F)C1)N1CCOCC1. The number of alkyl halides is 3. The molecule has 0 spiro atoms. The Bertz CT molecular complexity index is 630. The van der Waals surface area contributed by atoms with E-state index in [9.17, 15) is 18.0 Å². The van der Waals surface area contributed by atoms with Crippen LogP contribution in [0.1, 0.15) is 30.4 Å². The van der Waals surface area contributed by atoms with Crippen LogP contribution in [0.25, 0.3) is 0 Å². The highest BCUT2D eigenvalue weighted by molar-refractivity contribution is 5.78. The predicted molar refractivity (Wildman–Crippen MR) is 96.3 cm³/mol. The Labute approximate surface area is 158 Å². The molecule has 3 rings (SSSR count). The van der Waals surface area contributed by atoms with Crippen LogP contribution in [0.15, 0.2) is 24.3 Å². The number of rotatable bonds is 5. The van der Waals surface area contributed by atoms with Crippen LogP contribution in [0, 0.1) is 5.92 Å². The Hall–Kier alpha value is -1.60. The number of likely N-dealkylation sites (tertiary alicyclic amines) is 1. The van der Waals surface area contributed by atoms with Gasteiger partial charge in [-0.1, -0.05) is 18.2 Å². The molecular weight excluding hydrogens is 357 g/mol. The summed E-state index contributed by atoms with van der Waals surface area (Å²) < 4.78 is 44.7. The molecule has 2 aliphatic heterocycles. The number of carbonyl (C=O) groups is 1. The Morgan fingerprint density at radius 2 is 1.89 bits per heavy atom. The van der Waals surface area contributed by atoms with Gasteiger partial charge in [0.15, 0.2) is 0 Å². The normalized spacial score (nSPS) is 22.0. The van der Waals surface area contributed by atoms with Gasteiger partial charge >= 0.3 is 6.18 Å². The second-order valence-corrected chi connectivity index (χ2v) is 7.43. The molecule has 0 radical (unpaired) electrons. The fourth-order valence-electron chi connectivity index (χ4n) is 4.01. The molecule has 0 aromatic heterocycles.